The fraction of sp³-hybridized carbons (Fsp3) is 0.840. The zero-order chi connectivity index (χ0) is 22.0. The van der Waals surface area contributed by atoms with Crippen LogP contribution in [0.4, 0.5) is 0 Å². The maximum atomic E-state index is 11.9. The molecule has 3 nitrogen and oxygen atoms in total. The van der Waals surface area contributed by atoms with Crippen LogP contribution < -0.4 is 4.89 Å². The van der Waals surface area contributed by atoms with Crippen molar-refractivity contribution >= 4 is 8.03 Å². The predicted octanol–water partition coefficient (Wildman–Crippen LogP) is 7.50. The van der Waals surface area contributed by atoms with Crippen molar-refractivity contribution < 1.29 is 13.9 Å². The lowest BCUT2D eigenvalue weighted by Gasteiger charge is -2.39. The van der Waals surface area contributed by atoms with E-state index in [1.165, 1.54) is 57.8 Å². The molecule has 2 unspecified atom stereocenters. The van der Waals surface area contributed by atoms with Crippen molar-refractivity contribution in [2.24, 2.45) is 0 Å². The summed E-state index contributed by atoms with van der Waals surface area (Å²) >= 11 is 0. The minimum atomic E-state index is -2.43. The van der Waals surface area contributed by atoms with Crippen LogP contribution in [0.5, 0.6) is 0 Å². The van der Waals surface area contributed by atoms with Crippen LogP contribution >= 0.6 is 8.03 Å². The van der Waals surface area contributed by atoms with Gasteiger partial charge in [0.15, 0.2) is 0 Å². The smallest absolute Gasteiger partial charge is 0.376 e. The third-order valence-electron chi connectivity index (χ3n) is 6.15. The van der Waals surface area contributed by atoms with Crippen molar-refractivity contribution in [1.82, 2.24) is 0 Å². The largest absolute Gasteiger partial charge is 0.590 e. The van der Waals surface area contributed by atoms with Crippen LogP contribution in [0, 0.1) is 0 Å². The number of unbranched alkanes of at least 4 members (excludes halogenated alkanes) is 10. The highest BCUT2D eigenvalue weighted by molar-refractivity contribution is 7.38. The number of quaternary nitrogens is 1. The SMILES string of the molecule is CCCCCC/C=C\CCCC/C=C\CCCCCC(CC)([P+](=O)[O-])[N+](C)(C)C. The minimum absolute atomic E-state index is 0.496. The van der Waals surface area contributed by atoms with Gasteiger partial charge in [-0.2, -0.15) is 0 Å². The highest BCUT2D eigenvalue weighted by Gasteiger charge is 2.52. The van der Waals surface area contributed by atoms with Gasteiger partial charge >= 0.3 is 8.03 Å². The maximum absolute atomic E-state index is 11.9. The highest BCUT2D eigenvalue weighted by atomic mass is 31.1. The van der Waals surface area contributed by atoms with Gasteiger partial charge in [-0.3, -0.25) is 4.48 Å². The quantitative estimate of drug-likeness (QED) is 0.0928. The summed E-state index contributed by atoms with van der Waals surface area (Å²) in [5.41, 5.74) is 0. The van der Waals surface area contributed by atoms with Gasteiger partial charge in [0, 0.05) is 12.8 Å². The molecule has 0 aromatic rings. The average Bonchev–Trinajstić information content (AvgIpc) is 2.66. The number of allylic oxidation sites excluding steroid dienone is 4. The van der Waals surface area contributed by atoms with Crippen LogP contribution in [-0.2, 0) is 4.57 Å². The zero-order valence-electron chi connectivity index (χ0n) is 20.1. The molecule has 0 aromatic heterocycles. The van der Waals surface area contributed by atoms with E-state index in [0.717, 1.165) is 32.1 Å². The Morgan fingerprint density at radius 2 is 1.14 bits per heavy atom. The number of rotatable bonds is 19. The molecule has 0 aromatic carbocycles. The molecule has 0 aliphatic heterocycles. The second kappa shape index (κ2) is 17.2. The zero-order valence-corrected chi connectivity index (χ0v) is 21.0. The van der Waals surface area contributed by atoms with Gasteiger partial charge in [0.2, 0.25) is 0 Å². The van der Waals surface area contributed by atoms with E-state index in [-0.39, 0.29) is 0 Å². The standard InChI is InChI=1S/C25H49NO2P/c1-6-8-9-10-11-12-13-14-15-16-17-18-19-20-21-22-23-24-25(7-2,29(27)28)26(3,4)5/h12-13,18-19H,6-11,14-17,20-24H2,1-5H3/q+1/b13-12-,19-18-. The van der Waals surface area contributed by atoms with Crippen molar-refractivity contribution in [2.75, 3.05) is 21.1 Å². The molecule has 0 bridgehead atoms. The Morgan fingerprint density at radius 3 is 1.48 bits per heavy atom. The summed E-state index contributed by atoms with van der Waals surface area (Å²) in [5, 5.41) is -0.616. The van der Waals surface area contributed by atoms with Crippen LogP contribution in [0.2, 0.25) is 0 Å². The molecule has 29 heavy (non-hydrogen) atoms. The van der Waals surface area contributed by atoms with Crippen LogP contribution in [0.1, 0.15) is 110 Å². The second-order valence-corrected chi connectivity index (χ2v) is 10.6. The van der Waals surface area contributed by atoms with E-state index in [2.05, 4.69) is 31.2 Å². The van der Waals surface area contributed by atoms with Crippen molar-refractivity contribution in [2.45, 2.75) is 115 Å². The topological polar surface area (TPSA) is 40.1 Å². The van der Waals surface area contributed by atoms with E-state index in [4.69, 9.17) is 0 Å². The van der Waals surface area contributed by atoms with Crippen LogP contribution in [0.3, 0.4) is 0 Å². The highest BCUT2D eigenvalue weighted by Crippen LogP contribution is 2.44. The summed E-state index contributed by atoms with van der Waals surface area (Å²) in [6.45, 7) is 4.26. The Balaban J connectivity index is 3.72. The van der Waals surface area contributed by atoms with Crippen molar-refractivity contribution in [1.29, 1.82) is 0 Å². The summed E-state index contributed by atoms with van der Waals surface area (Å²) in [4.78, 5) is 11.9. The molecule has 0 aliphatic rings. The van der Waals surface area contributed by atoms with Crippen LogP contribution in [0.25, 0.3) is 0 Å². The molecule has 0 spiro atoms. The molecule has 170 valence electrons. The average molecular weight is 427 g/mol. The van der Waals surface area contributed by atoms with Gasteiger partial charge in [-0.15, -0.1) is 0 Å². The minimum Gasteiger partial charge on any atom is -0.590 e. The van der Waals surface area contributed by atoms with Gasteiger partial charge in [-0.05, 0) is 57.8 Å². The Hall–Kier alpha value is -0.500. The molecule has 0 rings (SSSR count). The summed E-state index contributed by atoms with van der Waals surface area (Å²) in [6, 6.07) is 0. The van der Waals surface area contributed by atoms with Gasteiger partial charge in [-0.25, -0.2) is 0 Å². The van der Waals surface area contributed by atoms with Crippen LogP contribution in [-0.4, -0.2) is 30.9 Å². The molecule has 0 N–H and O–H groups in total. The monoisotopic (exact) mass is 426 g/mol. The fourth-order valence-corrected chi connectivity index (χ4v) is 5.07. The van der Waals surface area contributed by atoms with Crippen molar-refractivity contribution in [3.63, 3.8) is 0 Å². The van der Waals surface area contributed by atoms with E-state index in [0.29, 0.717) is 10.9 Å². The molecule has 2 atom stereocenters. The number of hydrogen-bond acceptors (Lipinski definition) is 2. The number of hydrogen-bond donors (Lipinski definition) is 0. The van der Waals surface area contributed by atoms with E-state index in [1.807, 2.05) is 28.1 Å². The Labute approximate surface area is 183 Å². The first-order valence-electron chi connectivity index (χ1n) is 12.1. The molecule has 4 heteroatoms. The lowest BCUT2D eigenvalue weighted by Crippen LogP contribution is -2.55. The van der Waals surface area contributed by atoms with E-state index < -0.39 is 13.3 Å². The lowest BCUT2D eigenvalue weighted by atomic mass is 10.0. The van der Waals surface area contributed by atoms with Crippen molar-refractivity contribution in [3.8, 4) is 0 Å². The fourth-order valence-electron chi connectivity index (χ4n) is 3.98. The predicted molar refractivity (Wildman–Crippen MR) is 127 cm³/mol. The first-order chi connectivity index (χ1) is 13.8. The molecule has 0 heterocycles. The first kappa shape index (κ1) is 28.5. The summed E-state index contributed by atoms with van der Waals surface area (Å²) in [6.07, 6.45) is 26.8. The van der Waals surface area contributed by atoms with Gasteiger partial charge in [0.1, 0.15) is 0 Å². The number of nitrogens with zero attached hydrogens (tertiary/aromatic N) is 1. The normalized spacial score (nSPS) is 15.3. The second-order valence-electron chi connectivity index (χ2n) is 9.28. The molecular weight excluding hydrogens is 377 g/mol. The molecule has 0 amide bonds. The summed E-state index contributed by atoms with van der Waals surface area (Å²) < 4.78 is 12.4. The Morgan fingerprint density at radius 1 is 0.724 bits per heavy atom. The molecule has 0 saturated carbocycles. The summed E-state index contributed by atoms with van der Waals surface area (Å²) in [7, 11) is 3.57. The molecule has 0 radical (unpaired) electrons. The molecule has 0 aliphatic carbocycles. The van der Waals surface area contributed by atoms with E-state index >= 15 is 0 Å². The van der Waals surface area contributed by atoms with Crippen LogP contribution in [0.15, 0.2) is 24.3 Å². The maximum Gasteiger partial charge on any atom is 0.376 e. The lowest BCUT2D eigenvalue weighted by molar-refractivity contribution is -0.910. The molecular formula is C25H49NO2P+. The van der Waals surface area contributed by atoms with E-state index in [9.17, 15) is 9.46 Å². The summed E-state index contributed by atoms with van der Waals surface area (Å²) in [5.74, 6) is 0. The van der Waals surface area contributed by atoms with E-state index in [1.54, 1.807) is 0 Å². The first-order valence-corrected chi connectivity index (χ1v) is 13.3. The van der Waals surface area contributed by atoms with Gasteiger partial charge in [0.05, 0.1) is 21.1 Å². The Bertz CT molecular complexity index is 468. The van der Waals surface area contributed by atoms with Crippen molar-refractivity contribution in [3.05, 3.63) is 24.3 Å². The van der Waals surface area contributed by atoms with Gasteiger partial charge in [0.25, 0.3) is 5.28 Å². The Kier molecular flexibility index (Phi) is 16.9. The molecule has 0 saturated heterocycles. The third kappa shape index (κ3) is 12.7. The third-order valence-corrected chi connectivity index (χ3v) is 7.97. The van der Waals surface area contributed by atoms with Gasteiger partial charge in [-0.1, -0.05) is 68.4 Å². The molecule has 0 fully saturated rings. The van der Waals surface area contributed by atoms with Gasteiger partial charge < -0.3 is 4.89 Å².